The maximum Gasteiger partial charge on any atom is 0.417 e. The van der Waals surface area contributed by atoms with Gasteiger partial charge in [-0.15, -0.1) is 0 Å². The van der Waals surface area contributed by atoms with Crippen LogP contribution in [0.4, 0.5) is 13.2 Å². The van der Waals surface area contributed by atoms with Crippen LogP contribution in [0, 0.1) is 5.92 Å². The fraction of sp³-hybridized carbons (Fsp3) is 1.00. The number of nitrogens with two attached hydrogens (primary N) is 1. The van der Waals surface area contributed by atoms with Crippen molar-refractivity contribution in [2.24, 2.45) is 11.7 Å². The minimum Gasteiger partial charge on any atom is -0.369 e. The minimum absolute atomic E-state index is 0.00347. The van der Waals surface area contributed by atoms with Crippen molar-refractivity contribution in [2.75, 3.05) is 13.7 Å². The summed E-state index contributed by atoms with van der Waals surface area (Å²) in [6.07, 6.45) is -4.25. The second kappa shape index (κ2) is 2.88. The van der Waals surface area contributed by atoms with E-state index in [1.54, 1.807) is 0 Å². The quantitative estimate of drug-likeness (QED) is 0.700. The lowest BCUT2D eigenvalue weighted by Crippen LogP contribution is -2.58. The molecule has 0 aromatic heterocycles. The molecule has 2 N–H and O–H groups in total. The summed E-state index contributed by atoms with van der Waals surface area (Å²) in [5.74, 6) is -0.0356. The van der Waals surface area contributed by atoms with Gasteiger partial charge in [0.25, 0.3) is 0 Å². The molecule has 0 aromatic carbocycles. The third-order valence-electron chi connectivity index (χ3n) is 2.48. The third kappa shape index (κ3) is 1.31. The van der Waals surface area contributed by atoms with Crippen LogP contribution in [-0.4, -0.2) is 25.4 Å². The van der Waals surface area contributed by atoms with E-state index in [0.717, 1.165) is 7.11 Å². The molecule has 0 atom stereocenters. The van der Waals surface area contributed by atoms with Crippen molar-refractivity contribution in [1.29, 1.82) is 0 Å². The lowest BCUT2D eigenvalue weighted by Gasteiger charge is -2.46. The second-order valence-corrected chi connectivity index (χ2v) is 3.21. The summed E-state index contributed by atoms with van der Waals surface area (Å²) in [7, 11) is 1.10. The summed E-state index contributed by atoms with van der Waals surface area (Å²) < 4.78 is 41.4. The molecule has 1 rings (SSSR count). The zero-order valence-corrected chi connectivity index (χ0v) is 6.82. The number of rotatable bonds is 2. The Kier molecular flexibility index (Phi) is 2.35. The van der Waals surface area contributed by atoms with Gasteiger partial charge in [0.05, 0.1) is 0 Å². The summed E-state index contributed by atoms with van der Waals surface area (Å²) >= 11 is 0. The van der Waals surface area contributed by atoms with Gasteiger partial charge in [0.15, 0.2) is 5.60 Å². The molecule has 0 heterocycles. The Hall–Kier alpha value is -0.290. The van der Waals surface area contributed by atoms with E-state index in [4.69, 9.17) is 5.73 Å². The van der Waals surface area contributed by atoms with Crippen LogP contribution < -0.4 is 5.73 Å². The van der Waals surface area contributed by atoms with Gasteiger partial charge in [-0.1, -0.05) is 0 Å². The number of hydrogen-bond acceptors (Lipinski definition) is 2. The van der Waals surface area contributed by atoms with Crippen LogP contribution >= 0.6 is 0 Å². The molecule has 0 saturated heterocycles. The Morgan fingerprint density at radius 1 is 1.50 bits per heavy atom. The maximum atomic E-state index is 12.3. The van der Waals surface area contributed by atoms with Gasteiger partial charge in [0.1, 0.15) is 0 Å². The highest BCUT2D eigenvalue weighted by Crippen LogP contribution is 2.50. The molecule has 2 nitrogen and oxygen atoms in total. The van der Waals surface area contributed by atoms with E-state index in [9.17, 15) is 13.2 Å². The van der Waals surface area contributed by atoms with Crippen LogP contribution in [0.2, 0.25) is 0 Å². The molecular weight excluding hydrogens is 171 g/mol. The highest BCUT2D eigenvalue weighted by molar-refractivity contribution is 5.01. The molecule has 0 bridgehead atoms. The van der Waals surface area contributed by atoms with Gasteiger partial charge in [-0.2, -0.15) is 13.2 Å². The largest absolute Gasteiger partial charge is 0.417 e. The first-order valence-corrected chi connectivity index (χ1v) is 3.77. The molecule has 1 aliphatic rings. The van der Waals surface area contributed by atoms with E-state index in [0.29, 0.717) is 6.54 Å². The van der Waals surface area contributed by atoms with Gasteiger partial charge in [0.2, 0.25) is 0 Å². The van der Waals surface area contributed by atoms with E-state index in [2.05, 4.69) is 4.74 Å². The lowest BCUT2D eigenvalue weighted by atomic mass is 9.70. The van der Waals surface area contributed by atoms with Crippen molar-refractivity contribution in [2.45, 2.75) is 24.6 Å². The van der Waals surface area contributed by atoms with E-state index in [1.165, 1.54) is 0 Å². The smallest absolute Gasteiger partial charge is 0.369 e. The van der Waals surface area contributed by atoms with E-state index in [-0.39, 0.29) is 18.8 Å². The fourth-order valence-electron chi connectivity index (χ4n) is 1.55. The highest BCUT2D eigenvalue weighted by Gasteiger charge is 2.62. The molecule has 0 radical (unpaired) electrons. The van der Waals surface area contributed by atoms with Crippen LogP contribution in [0.25, 0.3) is 0 Å². The molecule has 72 valence electrons. The first-order valence-electron chi connectivity index (χ1n) is 3.77. The zero-order valence-electron chi connectivity index (χ0n) is 6.82. The summed E-state index contributed by atoms with van der Waals surface area (Å²) in [4.78, 5) is 0. The zero-order chi connectivity index (χ0) is 9.41. The Bertz CT molecular complexity index is 163. The summed E-state index contributed by atoms with van der Waals surface area (Å²) in [6.45, 7) is 0.307. The van der Waals surface area contributed by atoms with Gasteiger partial charge in [0, 0.05) is 7.11 Å². The molecule has 0 unspecified atom stereocenters. The summed E-state index contributed by atoms with van der Waals surface area (Å²) in [5.41, 5.74) is 3.32. The average molecular weight is 183 g/mol. The molecule has 12 heavy (non-hydrogen) atoms. The van der Waals surface area contributed by atoms with Crippen molar-refractivity contribution >= 4 is 0 Å². The van der Waals surface area contributed by atoms with Crippen molar-refractivity contribution < 1.29 is 17.9 Å². The molecular formula is C7H12F3NO. The average Bonchev–Trinajstić information content (AvgIpc) is 1.84. The van der Waals surface area contributed by atoms with E-state index < -0.39 is 11.8 Å². The third-order valence-corrected chi connectivity index (χ3v) is 2.48. The molecule has 1 fully saturated rings. The fourth-order valence-corrected chi connectivity index (χ4v) is 1.55. The van der Waals surface area contributed by atoms with Crippen molar-refractivity contribution in [3.63, 3.8) is 0 Å². The van der Waals surface area contributed by atoms with Gasteiger partial charge >= 0.3 is 6.18 Å². The van der Waals surface area contributed by atoms with Crippen molar-refractivity contribution in [3.8, 4) is 0 Å². The van der Waals surface area contributed by atoms with Crippen molar-refractivity contribution in [1.82, 2.24) is 0 Å². The normalized spacial score (nSPS) is 36.2. The standard InChI is InChI=1S/C7H12F3NO/c1-12-6(7(8,9)10)2-5(3-6)4-11/h5H,2-4,11H2,1H3. The number of hydrogen-bond donors (Lipinski definition) is 1. The lowest BCUT2D eigenvalue weighted by molar-refractivity contribution is -0.307. The minimum atomic E-state index is -4.26. The number of methoxy groups -OCH3 is 1. The van der Waals surface area contributed by atoms with Crippen LogP contribution in [0.1, 0.15) is 12.8 Å². The van der Waals surface area contributed by atoms with E-state index in [1.807, 2.05) is 0 Å². The second-order valence-electron chi connectivity index (χ2n) is 3.21. The molecule has 1 aliphatic carbocycles. The Labute approximate surface area is 68.9 Å². The molecule has 0 aromatic rings. The number of ether oxygens (including phenoxy) is 1. The van der Waals surface area contributed by atoms with Gasteiger partial charge in [-0.3, -0.25) is 0 Å². The highest BCUT2D eigenvalue weighted by atomic mass is 19.4. The Balaban J connectivity index is 2.59. The molecule has 0 spiro atoms. The van der Waals surface area contributed by atoms with Gasteiger partial charge in [-0.25, -0.2) is 0 Å². The number of halogens is 3. The summed E-state index contributed by atoms with van der Waals surface area (Å²) in [5, 5.41) is 0. The Morgan fingerprint density at radius 3 is 2.25 bits per heavy atom. The predicted molar refractivity (Wildman–Crippen MR) is 37.6 cm³/mol. The van der Waals surface area contributed by atoms with Crippen LogP contribution in [0.15, 0.2) is 0 Å². The van der Waals surface area contributed by atoms with Crippen molar-refractivity contribution in [3.05, 3.63) is 0 Å². The topological polar surface area (TPSA) is 35.2 Å². The van der Waals surface area contributed by atoms with E-state index >= 15 is 0 Å². The van der Waals surface area contributed by atoms with Crippen LogP contribution in [0.3, 0.4) is 0 Å². The van der Waals surface area contributed by atoms with Gasteiger partial charge < -0.3 is 10.5 Å². The van der Waals surface area contributed by atoms with Gasteiger partial charge in [-0.05, 0) is 25.3 Å². The summed E-state index contributed by atoms with van der Waals surface area (Å²) in [6, 6.07) is 0. The SMILES string of the molecule is COC1(C(F)(F)F)CC(CN)C1. The van der Waals surface area contributed by atoms with Crippen LogP contribution in [-0.2, 0) is 4.74 Å². The number of alkyl halides is 3. The first-order chi connectivity index (χ1) is 5.45. The Morgan fingerprint density at radius 2 is 2.00 bits per heavy atom. The molecule has 5 heteroatoms. The maximum absolute atomic E-state index is 12.3. The molecule has 0 aliphatic heterocycles. The molecule has 0 amide bonds. The monoisotopic (exact) mass is 183 g/mol. The first kappa shape index (κ1) is 9.80. The molecule has 1 saturated carbocycles. The predicted octanol–water partition coefficient (Wildman–Crippen LogP) is 1.30. The van der Waals surface area contributed by atoms with Crippen LogP contribution in [0.5, 0.6) is 0 Å².